The Labute approximate surface area is 93.0 Å². The van der Waals surface area contributed by atoms with Gasteiger partial charge < -0.3 is 10.2 Å². The van der Waals surface area contributed by atoms with E-state index in [-0.39, 0.29) is 12.5 Å². The first kappa shape index (κ1) is 9.88. The highest BCUT2D eigenvalue weighted by molar-refractivity contribution is 6.34. The number of para-hydroxylation sites is 1. The van der Waals surface area contributed by atoms with Crippen LogP contribution in [0.1, 0.15) is 0 Å². The van der Waals surface area contributed by atoms with Gasteiger partial charge in [-0.25, -0.2) is 0 Å². The average Bonchev–Trinajstić information content (AvgIpc) is 2.20. The van der Waals surface area contributed by atoms with Crippen LogP contribution in [-0.4, -0.2) is 19.0 Å². The normalized spacial score (nSPS) is 14.1. The second-order valence-electron chi connectivity index (χ2n) is 3.24. The van der Waals surface area contributed by atoms with Crippen LogP contribution in [-0.2, 0) is 4.79 Å². The van der Waals surface area contributed by atoms with Crippen molar-refractivity contribution in [3.8, 4) is 12.3 Å². The van der Waals surface area contributed by atoms with E-state index < -0.39 is 0 Å². The standard InChI is InChI=1S/C11H9ClN2O/c1-2-6-14-7-10(15)13-11-8(12)4-3-5-9(11)14/h1,3-5H,6-7H2,(H,13,15). The molecule has 0 aromatic heterocycles. The van der Waals surface area contributed by atoms with Gasteiger partial charge >= 0.3 is 0 Å². The number of carbonyl (C=O) groups is 1. The lowest BCUT2D eigenvalue weighted by Gasteiger charge is -2.29. The van der Waals surface area contributed by atoms with Crippen molar-refractivity contribution in [2.45, 2.75) is 0 Å². The van der Waals surface area contributed by atoms with E-state index in [1.54, 1.807) is 6.07 Å². The van der Waals surface area contributed by atoms with Gasteiger partial charge in [0, 0.05) is 0 Å². The molecule has 0 fully saturated rings. The molecule has 3 nitrogen and oxygen atoms in total. The molecule has 1 aromatic rings. The predicted molar refractivity (Wildman–Crippen MR) is 61.1 cm³/mol. The SMILES string of the molecule is C#CCN1CC(=O)Nc2c(Cl)cccc21. The molecule has 1 aliphatic rings. The van der Waals surface area contributed by atoms with Gasteiger partial charge in [0.1, 0.15) is 0 Å². The number of anilines is 2. The van der Waals surface area contributed by atoms with Crippen molar-refractivity contribution in [2.75, 3.05) is 23.3 Å². The van der Waals surface area contributed by atoms with Crippen LogP contribution in [0.4, 0.5) is 11.4 Å². The molecule has 0 saturated carbocycles. The highest BCUT2D eigenvalue weighted by atomic mass is 35.5. The molecule has 76 valence electrons. The molecule has 1 aromatic carbocycles. The van der Waals surface area contributed by atoms with E-state index in [4.69, 9.17) is 18.0 Å². The van der Waals surface area contributed by atoms with Crippen LogP contribution in [0, 0.1) is 12.3 Å². The lowest BCUT2D eigenvalue weighted by Crippen LogP contribution is -2.38. The van der Waals surface area contributed by atoms with Crippen molar-refractivity contribution in [3.05, 3.63) is 23.2 Å². The van der Waals surface area contributed by atoms with Crippen LogP contribution in [0.2, 0.25) is 5.02 Å². The minimum absolute atomic E-state index is 0.0918. The number of amides is 1. The average molecular weight is 221 g/mol. The molecule has 15 heavy (non-hydrogen) atoms. The number of rotatable bonds is 1. The number of terminal acetylenes is 1. The Morgan fingerprint density at radius 1 is 1.60 bits per heavy atom. The van der Waals surface area contributed by atoms with Crippen molar-refractivity contribution in [3.63, 3.8) is 0 Å². The van der Waals surface area contributed by atoms with Crippen molar-refractivity contribution in [2.24, 2.45) is 0 Å². The lowest BCUT2D eigenvalue weighted by molar-refractivity contribution is -0.115. The largest absolute Gasteiger partial charge is 0.349 e. The summed E-state index contributed by atoms with van der Waals surface area (Å²) in [6, 6.07) is 5.46. The molecule has 2 rings (SSSR count). The van der Waals surface area contributed by atoms with Crippen LogP contribution >= 0.6 is 11.6 Å². The van der Waals surface area contributed by atoms with Gasteiger partial charge in [-0.2, -0.15) is 0 Å². The van der Waals surface area contributed by atoms with E-state index in [0.29, 0.717) is 17.3 Å². The van der Waals surface area contributed by atoms with E-state index in [1.807, 2.05) is 17.0 Å². The van der Waals surface area contributed by atoms with Gasteiger partial charge in [-0.05, 0) is 12.1 Å². The molecule has 1 heterocycles. The topological polar surface area (TPSA) is 32.3 Å². The number of benzene rings is 1. The molecular formula is C11H9ClN2O. The van der Waals surface area contributed by atoms with Gasteiger partial charge in [-0.15, -0.1) is 6.42 Å². The van der Waals surface area contributed by atoms with E-state index in [2.05, 4.69) is 11.2 Å². The van der Waals surface area contributed by atoms with Gasteiger partial charge in [-0.3, -0.25) is 4.79 Å². The summed E-state index contributed by atoms with van der Waals surface area (Å²) in [6.07, 6.45) is 5.24. The monoisotopic (exact) mass is 220 g/mol. The molecule has 0 atom stereocenters. The Kier molecular flexibility index (Phi) is 2.53. The van der Waals surface area contributed by atoms with Crippen molar-refractivity contribution in [1.29, 1.82) is 0 Å². The summed E-state index contributed by atoms with van der Waals surface area (Å²) in [5, 5.41) is 3.27. The van der Waals surface area contributed by atoms with Crippen molar-refractivity contribution in [1.82, 2.24) is 0 Å². The van der Waals surface area contributed by atoms with Crippen molar-refractivity contribution < 1.29 is 4.79 Å². The lowest BCUT2D eigenvalue weighted by atomic mass is 10.2. The maximum absolute atomic E-state index is 11.4. The Morgan fingerprint density at radius 2 is 2.40 bits per heavy atom. The first-order valence-electron chi connectivity index (χ1n) is 4.49. The number of nitrogens with one attached hydrogen (secondary N) is 1. The zero-order valence-corrected chi connectivity index (χ0v) is 8.71. The Bertz CT molecular complexity index is 450. The summed E-state index contributed by atoms with van der Waals surface area (Å²) in [5.41, 5.74) is 1.52. The number of hydrogen-bond acceptors (Lipinski definition) is 2. The highest BCUT2D eigenvalue weighted by Gasteiger charge is 2.22. The number of nitrogens with zero attached hydrogens (tertiary/aromatic N) is 1. The maximum Gasteiger partial charge on any atom is 0.244 e. The van der Waals surface area contributed by atoms with Gasteiger partial charge in [0.2, 0.25) is 5.91 Å². The summed E-state index contributed by atoms with van der Waals surface area (Å²) in [5.74, 6) is 2.43. The maximum atomic E-state index is 11.4. The van der Waals surface area contributed by atoms with E-state index >= 15 is 0 Å². The molecule has 1 N–H and O–H groups in total. The number of halogens is 1. The molecule has 1 aliphatic heterocycles. The fourth-order valence-corrected chi connectivity index (χ4v) is 1.81. The van der Waals surface area contributed by atoms with Crippen LogP contribution in [0.3, 0.4) is 0 Å². The van der Waals surface area contributed by atoms with Gasteiger partial charge in [0.25, 0.3) is 0 Å². The fraction of sp³-hybridized carbons (Fsp3) is 0.182. The predicted octanol–water partition coefficient (Wildman–Crippen LogP) is 1.73. The molecule has 0 aliphatic carbocycles. The van der Waals surface area contributed by atoms with Gasteiger partial charge in [0.15, 0.2) is 0 Å². The van der Waals surface area contributed by atoms with Gasteiger partial charge in [0.05, 0.1) is 29.5 Å². The number of fused-ring (bicyclic) bond motifs is 1. The quantitative estimate of drug-likeness (QED) is 0.732. The first-order chi connectivity index (χ1) is 7.22. The summed E-state index contributed by atoms with van der Waals surface area (Å²) in [6.45, 7) is 0.679. The number of hydrogen-bond donors (Lipinski definition) is 1. The van der Waals surface area contributed by atoms with Crippen LogP contribution in [0.5, 0.6) is 0 Å². The molecule has 0 radical (unpaired) electrons. The third-order valence-corrected chi connectivity index (χ3v) is 2.53. The fourth-order valence-electron chi connectivity index (χ4n) is 1.59. The summed E-state index contributed by atoms with van der Waals surface area (Å²) < 4.78 is 0. The van der Waals surface area contributed by atoms with Crippen LogP contribution in [0.25, 0.3) is 0 Å². The summed E-state index contributed by atoms with van der Waals surface area (Å²) in [7, 11) is 0. The Morgan fingerprint density at radius 3 is 3.13 bits per heavy atom. The minimum Gasteiger partial charge on any atom is -0.349 e. The molecule has 1 amide bonds. The highest BCUT2D eigenvalue weighted by Crippen LogP contribution is 2.35. The van der Waals surface area contributed by atoms with Crippen molar-refractivity contribution >= 4 is 28.9 Å². The number of carbonyl (C=O) groups excluding carboxylic acids is 1. The smallest absolute Gasteiger partial charge is 0.244 e. The molecule has 0 saturated heterocycles. The summed E-state index contributed by atoms with van der Waals surface area (Å²) in [4.78, 5) is 13.2. The van der Waals surface area contributed by atoms with E-state index in [0.717, 1.165) is 5.69 Å². The second kappa shape index (κ2) is 3.84. The van der Waals surface area contributed by atoms with Gasteiger partial charge in [-0.1, -0.05) is 23.6 Å². The Balaban J connectivity index is 2.47. The first-order valence-corrected chi connectivity index (χ1v) is 4.87. The zero-order chi connectivity index (χ0) is 10.8. The van der Waals surface area contributed by atoms with Crippen LogP contribution in [0.15, 0.2) is 18.2 Å². The van der Waals surface area contributed by atoms with E-state index in [1.165, 1.54) is 0 Å². The zero-order valence-electron chi connectivity index (χ0n) is 7.96. The molecular weight excluding hydrogens is 212 g/mol. The van der Waals surface area contributed by atoms with Crippen LogP contribution < -0.4 is 10.2 Å². The minimum atomic E-state index is -0.0918. The Hall–Kier alpha value is -1.66. The molecule has 0 spiro atoms. The molecule has 0 bridgehead atoms. The van der Waals surface area contributed by atoms with E-state index in [9.17, 15) is 4.79 Å². The second-order valence-corrected chi connectivity index (χ2v) is 3.65. The summed E-state index contributed by atoms with van der Waals surface area (Å²) >= 11 is 5.98. The third-order valence-electron chi connectivity index (χ3n) is 2.21. The molecule has 0 unspecified atom stereocenters. The third kappa shape index (κ3) is 1.77. The molecule has 4 heteroatoms.